The van der Waals surface area contributed by atoms with Gasteiger partial charge in [0, 0.05) is 40.2 Å². The van der Waals surface area contributed by atoms with Crippen molar-refractivity contribution in [1.29, 1.82) is 0 Å². The fraction of sp³-hybridized carbons (Fsp3) is 0.176. The number of carbonyl (C=O) groups excluding carboxylic acids is 3. The number of aromatic nitrogens is 1. The first-order valence-electron chi connectivity index (χ1n) is 7.09. The first kappa shape index (κ1) is 16.9. The van der Waals surface area contributed by atoms with Gasteiger partial charge >= 0.3 is 0 Å². The standard InChI is InChI=1S/C17H9F4NO3/c18-16(19)8-3-7(4-9(5-8)17(20)21)13(23)12-14(24)10-1-2-22-6-11(10)15(12)25/h1-6,12,16-17H. The zero-order valence-electron chi connectivity index (χ0n) is 12.4. The van der Waals surface area contributed by atoms with Gasteiger partial charge in [0.1, 0.15) is 5.92 Å². The van der Waals surface area contributed by atoms with Crippen molar-refractivity contribution in [2.45, 2.75) is 12.9 Å². The molecule has 0 radical (unpaired) electrons. The van der Waals surface area contributed by atoms with Crippen molar-refractivity contribution in [3.63, 3.8) is 0 Å². The second kappa shape index (κ2) is 6.19. The van der Waals surface area contributed by atoms with E-state index in [1.807, 2.05) is 0 Å². The molecule has 0 spiro atoms. The lowest BCUT2D eigenvalue weighted by molar-refractivity contribution is 0.0756. The molecule has 0 bridgehead atoms. The van der Waals surface area contributed by atoms with Crippen LogP contribution in [0.15, 0.2) is 36.7 Å². The highest BCUT2D eigenvalue weighted by Crippen LogP contribution is 2.32. The molecule has 1 aliphatic carbocycles. The Morgan fingerprint density at radius 1 is 0.920 bits per heavy atom. The van der Waals surface area contributed by atoms with E-state index in [0.29, 0.717) is 6.07 Å². The summed E-state index contributed by atoms with van der Waals surface area (Å²) in [5, 5.41) is 0. The van der Waals surface area contributed by atoms with Gasteiger partial charge in [0.05, 0.1) is 0 Å². The molecule has 0 saturated heterocycles. The van der Waals surface area contributed by atoms with Crippen LogP contribution in [-0.4, -0.2) is 22.3 Å². The Morgan fingerprint density at radius 3 is 2.00 bits per heavy atom. The number of hydrogen-bond acceptors (Lipinski definition) is 4. The third kappa shape index (κ3) is 2.84. The summed E-state index contributed by atoms with van der Waals surface area (Å²) in [7, 11) is 0. The molecule has 3 rings (SSSR count). The molecule has 25 heavy (non-hydrogen) atoms. The molecular formula is C17H9F4NO3. The summed E-state index contributed by atoms with van der Waals surface area (Å²) in [6.07, 6.45) is -3.77. The van der Waals surface area contributed by atoms with Gasteiger partial charge in [0.2, 0.25) is 0 Å². The van der Waals surface area contributed by atoms with Crippen LogP contribution in [-0.2, 0) is 0 Å². The number of alkyl halides is 4. The number of rotatable bonds is 4. The Morgan fingerprint density at radius 2 is 1.48 bits per heavy atom. The zero-order chi connectivity index (χ0) is 18.3. The van der Waals surface area contributed by atoms with Crippen molar-refractivity contribution in [2.75, 3.05) is 0 Å². The Balaban J connectivity index is 2.05. The molecule has 0 aliphatic heterocycles. The Kier molecular flexibility index (Phi) is 4.20. The normalized spacial score (nSPS) is 16.6. The third-order valence-electron chi connectivity index (χ3n) is 3.90. The molecule has 0 fully saturated rings. The number of ketones is 3. The molecule has 0 amide bonds. The largest absolute Gasteiger partial charge is 0.293 e. The van der Waals surface area contributed by atoms with Gasteiger partial charge in [-0.05, 0) is 24.3 Å². The molecule has 1 heterocycles. The molecule has 2 aromatic rings. The van der Waals surface area contributed by atoms with E-state index in [1.54, 1.807) is 0 Å². The summed E-state index contributed by atoms with van der Waals surface area (Å²) < 4.78 is 51.6. The quantitative estimate of drug-likeness (QED) is 0.477. The van der Waals surface area contributed by atoms with Crippen LogP contribution in [0.3, 0.4) is 0 Å². The summed E-state index contributed by atoms with van der Waals surface area (Å²) in [6, 6.07) is 3.30. The summed E-state index contributed by atoms with van der Waals surface area (Å²) >= 11 is 0. The average molecular weight is 351 g/mol. The molecule has 1 aromatic carbocycles. The predicted molar refractivity (Wildman–Crippen MR) is 77.1 cm³/mol. The maximum absolute atomic E-state index is 12.9. The van der Waals surface area contributed by atoms with Crippen LogP contribution in [0.5, 0.6) is 0 Å². The highest BCUT2D eigenvalue weighted by atomic mass is 19.3. The van der Waals surface area contributed by atoms with Crippen molar-refractivity contribution in [2.24, 2.45) is 5.92 Å². The fourth-order valence-corrected chi connectivity index (χ4v) is 2.71. The highest BCUT2D eigenvalue weighted by molar-refractivity contribution is 6.37. The summed E-state index contributed by atoms with van der Waals surface area (Å²) in [4.78, 5) is 40.8. The molecule has 0 saturated carbocycles. The second-order valence-electron chi connectivity index (χ2n) is 5.44. The SMILES string of the molecule is O=C(c1cc(C(F)F)cc(C(F)F)c1)C1C(=O)c2ccncc2C1=O. The van der Waals surface area contributed by atoms with E-state index in [-0.39, 0.29) is 11.1 Å². The van der Waals surface area contributed by atoms with Crippen LogP contribution < -0.4 is 0 Å². The van der Waals surface area contributed by atoms with E-state index in [0.717, 1.165) is 18.3 Å². The van der Waals surface area contributed by atoms with Crippen molar-refractivity contribution in [3.8, 4) is 0 Å². The number of carbonyl (C=O) groups is 3. The molecule has 0 N–H and O–H groups in total. The van der Waals surface area contributed by atoms with Crippen LogP contribution in [0.25, 0.3) is 0 Å². The lowest BCUT2D eigenvalue weighted by Crippen LogP contribution is -2.26. The third-order valence-corrected chi connectivity index (χ3v) is 3.90. The maximum atomic E-state index is 12.9. The van der Waals surface area contributed by atoms with E-state index < -0.39 is 52.8 Å². The fourth-order valence-electron chi connectivity index (χ4n) is 2.71. The van der Waals surface area contributed by atoms with E-state index in [1.165, 1.54) is 12.3 Å². The van der Waals surface area contributed by atoms with E-state index in [2.05, 4.69) is 4.98 Å². The van der Waals surface area contributed by atoms with Crippen LogP contribution in [0.4, 0.5) is 17.6 Å². The van der Waals surface area contributed by atoms with Gasteiger partial charge in [-0.2, -0.15) is 0 Å². The molecule has 8 heteroatoms. The van der Waals surface area contributed by atoms with Crippen LogP contribution in [0.1, 0.15) is 55.1 Å². The van der Waals surface area contributed by atoms with Gasteiger partial charge in [-0.1, -0.05) is 0 Å². The topological polar surface area (TPSA) is 64.1 Å². The lowest BCUT2D eigenvalue weighted by atomic mass is 9.91. The lowest BCUT2D eigenvalue weighted by Gasteiger charge is -2.11. The van der Waals surface area contributed by atoms with E-state index >= 15 is 0 Å². The van der Waals surface area contributed by atoms with Gasteiger partial charge in [0.15, 0.2) is 17.3 Å². The van der Waals surface area contributed by atoms with Crippen molar-refractivity contribution < 1.29 is 31.9 Å². The number of pyridine rings is 1. The van der Waals surface area contributed by atoms with Crippen LogP contribution in [0.2, 0.25) is 0 Å². The maximum Gasteiger partial charge on any atom is 0.263 e. The second-order valence-corrected chi connectivity index (χ2v) is 5.44. The van der Waals surface area contributed by atoms with Gasteiger partial charge < -0.3 is 0 Å². The monoisotopic (exact) mass is 351 g/mol. The number of halogens is 4. The molecule has 1 unspecified atom stereocenters. The minimum absolute atomic E-state index is 0.00236. The van der Waals surface area contributed by atoms with Gasteiger partial charge in [-0.3, -0.25) is 19.4 Å². The Hall–Kier alpha value is -2.90. The van der Waals surface area contributed by atoms with Crippen molar-refractivity contribution >= 4 is 17.3 Å². The van der Waals surface area contributed by atoms with Gasteiger partial charge in [0.25, 0.3) is 12.9 Å². The average Bonchev–Trinajstić information content (AvgIpc) is 2.85. The number of hydrogen-bond donors (Lipinski definition) is 0. The van der Waals surface area contributed by atoms with E-state index in [9.17, 15) is 31.9 Å². The Bertz CT molecular complexity index is 834. The number of nitrogens with zero attached hydrogens (tertiary/aromatic N) is 1. The van der Waals surface area contributed by atoms with Gasteiger partial charge in [-0.15, -0.1) is 0 Å². The molecular weight excluding hydrogens is 342 g/mol. The Labute approximate surface area is 138 Å². The summed E-state index contributed by atoms with van der Waals surface area (Å²) in [6.45, 7) is 0. The molecule has 1 aromatic heterocycles. The minimum atomic E-state index is -3.08. The summed E-state index contributed by atoms with van der Waals surface area (Å²) in [5.74, 6) is -4.47. The van der Waals surface area contributed by atoms with Crippen molar-refractivity contribution in [1.82, 2.24) is 4.98 Å². The predicted octanol–water partition coefficient (Wildman–Crippen LogP) is 3.83. The minimum Gasteiger partial charge on any atom is -0.293 e. The first-order valence-corrected chi connectivity index (χ1v) is 7.09. The van der Waals surface area contributed by atoms with Crippen molar-refractivity contribution in [3.05, 3.63) is 64.5 Å². The zero-order valence-corrected chi connectivity index (χ0v) is 12.4. The summed E-state index contributed by atoms with van der Waals surface area (Å²) in [5.41, 5.74) is -2.14. The number of Topliss-reactive ketones (excluding diaryl/α,β-unsaturated/α-hetero) is 3. The number of benzene rings is 1. The van der Waals surface area contributed by atoms with E-state index in [4.69, 9.17) is 0 Å². The molecule has 1 atom stereocenters. The van der Waals surface area contributed by atoms with Crippen LogP contribution in [0, 0.1) is 5.92 Å². The highest BCUT2D eigenvalue weighted by Gasteiger charge is 2.43. The van der Waals surface area contributed by atoms with Gasteiger partial charge in [-0.25, -0.2) is 17.6 Å². The first-order chi connectivity index (χ1) is 11.8. The molecule has 4 nitrogen and oxygen atoms in total. The number of fused-ring (bicyclic) bond motifs is 1. The molecule has 1 aliphatic rings. The molecule has 128 valence electrons. The van der Waals surface area contributed by atoms with Crippen LogP contribution >= 0.6 is 0 Å². The smallest absolute Gasteiger partial charge is 0.263 e.